The van der Waals surface area contributed by atoms with E-state index >= 15 is 0 Å². The van der Waals surface area contributed by atoms with Gasteiger partial charge in [0.15, 0.2) is 0 Å². The van der Waals surface area contributed by atoms with Crippen LogP contribution in [-0.2, 0) is 17.6 Å². The Hall–Kier alpha value is -2.33. The van der Waals surface area contributed by atoms with E-state index in [1.54, 1.807) is 0 Å². The van der Waals surface area contributed by atoms with Gasteiger partial charge in [0.25, 0.3) is 0 Å². The Kier molecular flexibility index (Phi) is 3.75. The summed E-state index contributed by atoms with van der Waals surface area (Å²) in [5.74, 6) is 0.129. The molecule has 0 saturated carbocycles. The number of nitrogens with zero attached hydrogens (tertiary/aromatic N) is 1. The van der Waals surface area contributed by atoms with Crippen LogP contribution in [0.4, 0.5) is 11.4 Å². The number of anilines is 2. The summed E-state index contributed by atoms with van der Waals surface area (Å²) in [4.78, 5) is 15.4. The van der Waals surface area contributed by atoms with Gasteiger partial charge in [-0.2, -0.15) is 0 Å². The molecule has 2 aromatic carbocycles. The Balaban J connectivity index is 1.29. The SMILES string of the molecule is O=C1Nc2ccccc2NC12CCN(C1CCc3ccccc3C1)CC2. The van der Waals surface area contributed by atoms with Gasteiger partial charge in [-0.25, -0.2) is 0 Å². The van der Waals surface area contributed by atoms with E-state index in [0.717, 1.165) is 43.7 Å². The molecule has 1 spiro atoms. The first kappa shape index (κ1) is 15.9. The highest BCUT2D eigenvalue weighted by atomic mass is 16.2. The smallest absolute Gasteiger partial charge is 0.250 e. The first-order valence-electron chi connectivity index (χ1n) is 9.73. The first-order valence-corrected chi connectivity index (χ1v) is 9.73. The van der Waals surface area contributed by atoms with E-state index in [1.165, 1.54) is 24.0 Å². The molecule has 2 aromatic rings. The number of amides is 1. The van der Waals surface area contributed by atoms with Crippen molar-refractivity contribution in [2.75, 3.05) is 23.7 Å². The Morgan fingerprint density at radius 3 is 2.42 bits per heavy atom. The molecule has 1 atom stereocenters. The summed E-state index contributed by atoms with van der Waals surface area (Å²) in [6.07, 6.45) is 5.28. The van der Waals surface area contributed by atoms with E-state index in [2.05, 4.69) is 45.9 Å². The molecule has 2 N–H and O–H groups in total. The van der Waals surface area contributed by atoms with Crippen LogP contribution in [0.25, 0.3) is 0 Å². The Morgan fingerprint density at radius 2 is 1.62 bits per heavy atom. The lowest BCUT2D eigenvalue weighted by Crippen LogP contribution is -2.59. The van der Waals surface area contributed by atoms with E-state index in [9.17, 15) is 4.79 Å². The van der Waals surface area contributed by atoms with Crippen LogP contribution in [0, 0.1) is 0 Å². The average Bonchev–Trinajstić information content (AvgIpc) is 2.69. The summed E-state index contributed by atoms with van der Waals surface area (Å²) in [6.45, 7) is 1.96. The van der Waals surface area contributed by atoms with Crippen molar-refractivity contribution in [1.29, 1.82) is 0 Å². The maximum atomic E-state index is 12.8. The van der Waals surface area contributed by atoms with Gasteiger partial charge in [0.2, 0.25) is 5.91 Å². The number of nitrogens with one attached hydrogen (secondary N) is 2. The summed E-state index contributed by atoms with van der Waals surface area (Å²) in [5, 5.41) is 6.67. The van der Waals surface area contributed by atoms with Gasteiger partial charge in [-0.1, -0.05) is 36.4 Å². The molecule has 4 nitrogen and oxygen atoms in total. The summed E-state index contributed by atoms with van der Waals surface area (Å²) < 4.78 is 0. The van der Waals surface area contributed by atoms with Crippen LogP contribution < -0.4 is 10.6 Å². The molecule has 26 heavy (non-hydrogen) atoms. The van der Waals surface area contributed by atoms with Crippen molar-refractivity contribution in [3.05, 3.63) is 59.7 Å². The molecule has 1 saturated heterocycles. The second-order valence-electron chi connectivity index (χ2n) is 7.91. The van der Waals surface area contributed by atoms with Gasteiger partial charge in [-0.15, -0.1) is 0 Å². The molecule has 1 amide bonds. The molecule has 3 aliphatic rings. The largest absolute Gasteiger partial charge is 0.369 e. The quantitative estimate of drug-likeness (QED) is 0.830. The van der Waals surface area contributed by atoms with Gasteiger partial charge in [0, 0.05) is 19.1 Å². The fourth-order valence-electron chi connectivity index (χ4n) is 4.87. The number of aryl methyl sites for hydroxylation is 1. The number of hydrogen-bond acceptors (Lipinski definition) is 3. The minimum atomic E-state index is -0.447. The molecule has 0 aromatic heterocycles. The fraction of sp³-hybridized carbons (Fsp3) is 0.409. The molecule has 1 fully saturated rings. The fourth-order valence-corrected chi connectivity index (χ4v) is 4.87. The lowest BCUT2D eigenvalue weighted by atomic mass is 9.81. The van der Waals surface area contributed by atoms with Gasteiger partial charge in [-0.3, -0.25) is 9.69 Å². The number of piperidine rings is 1. The molecule has 1 unspecified atom stereocenters. The van der Waals surface area contributed by atoms with Gasteiger partial charge < -0.3 is 10.6 Å². The molecular formula is C22H25N3O. The molecule has 5 rings (SSSR count). The maximum Gasteiger partial charge on any atom is 0.250 e. The van der Waals surface area contributed by atoms with Crippen LogP contribution in [0.5, 0.6) is 0 Å². The molecule has 134 valence electrons. The van der Waals surface area contributed by atoms with Crippen LogP contribution in [0.3, 0.4) is 0 Å². The third-order valence-corrected chi connectivity index (χ3v) is 6.47. The number of benzene rings is 2. The summed E-state index contributed by atoms with van der Waals surface area (Å²) in [6, 6.07) is 17.5. The van der Waals surface area contributed by atoms with Crippen molar-refractivity contribution in [1.82, 2.24) is 4.90 Å². The van der Waals surface area contributed by atoms with Crippen molar-refractivity contribution in [3.8, 4) is 0 Å². The highest BCUT2D eigenvalue weighted by Crippen LogP contribution is 2.37. The Bertz CT molecular complexity index is 839. The minimum absolute atomic E-state index is 0.129. The third kappa shape index (κ3) is 2.60. The molecule has 4 heteroatoms. The third-order valence-electron chi connectivity index (χ3n) is 6.47. The Morgan fingerprint density at radius 1 is 0.923 bits per heavy atom. The normalized spacial score (nSPS) is 24.3. The topological polar surface area (TPSA) is 44.4 Å². The number of fused-ring (bicyclic) bond motifs is 2. The van der Waals surface area contributed by atoms with Gasteiger partial charge >= 0.3 is 0 Å². The van der Waals surface area contributed by atoms with Crippen molar-refractivity contribution < 1.29 is 4.79 Å². The zero-order valence-corrected chi connectivity index (χ0v) is 15.0. The van der Waals surface area contributed by atoms with Gasteiger partial charge in [0.1, 0.15) is 5.54 Å². The number of rotatable bonds is 1. The number of carbonyl (C=O) groups excluding carboxylic acids is 1. The zero-order valence-electron chi connectivity index (χ0n) is 15.0. The summed E-state index contributed by atoms with van der Waals surface area (Å²) in [5.41, 5.74) is 4.52. The molecule has 1 aliphatic carbocycles. The number of hydrogen-bond donors (Lipinski definition) is 2. The van der Waals surface area contributed by atoms with E-state index in [4.69, 9.17) is 0 Å². The minimum Gasteiger partial charge on any atom is -0.369 e. The van der Waals surface area contributed by atoms with Crippen molar-refractivity contribution >= 4 is 17.3 Å². The predicted octanol–water partition coefficient (Wildman–Crippen LogP) is 3.44. The molecule has 0 radical (unpaired) electrons. The second-order valence-corrected chi connectivity index (χ2v) is 7.91. The standard InChI is InChI=1S/C22H25N3O/c26-21-22(24-20-8-4-3-7-19(20)23-21)11-13-25(14-12-22)18-10-9-16-5-1-2-6-17(16)15-18/h1-8,18,24H,9-15H2,(H,23,26). The first-order chi connectivity index (χ1) is 12.7. The zero-order chi connectivity index (χ0) is 17.6. The monoisotopic (exact) mass is 347 g/mol. The number of likely N-dealkylation sites (tertiary alicyclic amines) is 1. The average molecular weight is 347 g/mol. The van der Waals surface area contributed by atoms with Crippen molar-refractivity contribution in [2.45, 2.75) is 43.7 Å². The predicted molar refractivity (Wildman–Crippen MR) is 104 cm³/mol. The van der Waals surface area contributed by atoms with Crippen LogP contribution in [0.15, 0.2) is 48.5 Å². The second kappa shape index (κ2) is 6.13. The van der Waals surface area contributed by atoms with E-state index in [0.29, 0.717) is 6.04 Å². The Labute approximate surface area is 154 Å². The van der Waals surface area contributed by atoms with E-state index in [1.807, 2.05) is 18.2 Å². The van der Waals surface area contributed by atoms with Crippen LogP contribution >= 0.6 is 0 Å². The van der Waals surface area contributed by atoms with Crippen LogP contribution in [-0.4, -0.2) is 35.5 Å². The van der Waals surface area contributed by atoms with Gasteiger partial charge in [0.05, 0.1) is 11.4 Å². The van der Waals surface area contributed by atoms with Crippen LogP contribution in [0.1, 0.15) is 30.4 Å². The highest BCUT2D eigenvalue weighted by molar-refractivity contribution is 6.06. The van der Waals surface area contributed by atoms with Crippen molar-refractivity contribution in [3.63, 3.8) is 0 Å². The molecule has 2 heterocycles. The van der Waals surface area contributed by atoms with Crippen molar-refractivity contribution in [2.24, 2.45) is 0 Å². The highest BCUT2D eigenvalue weighted by Gasteiger charge is 2.45. The number of carbonyl (C=O) groups is 1. The lowest BCUT2D eigenvalue weighted by Gasteiger charge is -2.47. The molecular weight excluding hydrogens is 322 g/mol. The molecule has 0 bridgehead atoms. The maximum absolute atomic E-state index is 12.8. The summed E-state index contributed by atoms with van der Waals surface area (Å²) in [7, 11) is 0. The summed E-state index contributed by atoms with van der Waals surface area (Å²) >= 11 is 0. The van der Waals surface area contributed by atoms with E-state index < -0.39 is 5.54 Å². The number of para-hydroxylation sites is 2. The molecule has 2 aliphatic heterocycles. The van der Waals surface area contributed by atoms with Gasteiger partial charge in [-0.05, 0) is 55.4 Å². The van der Waals surface area contributed by atoms with E-state index in [-0.39, 0.29) is 5.91 Å². The van der Waals surface area contributed by atoms with Crippen LogP contribution in [0.2, 0.25) is 0 Å². The lowest BCUT2D eigenvalue weighted by molar-refractivity contribution is -0.122.